The summed E-state index contributed by atoms with van der Waals surface area (Å²) in [6.45, 7) is 0. The first-order chi connectivity index (χ1) is 9.19. The van der Waals surface area contributed by atoms with Gasteiger partial charge in [-0.1, -0.05) is 19.3 Å². The molecule has 1 heterocycles. The Balaban J connectivity index is 1.88. The van der Waals surface area contributed by atoms with Crippen molar-refractivity contribution in [2.24, 2.45) is 0 Å². The fourth-order valence-electron chi connectivity index (χ4n) is 3.47. The van der Waals surface area contributed by atoms with Crippen molar-refractivity contribution in [3.63, 3.8) is 0 Å². The van der Waals surface area contributed by atoms with Crippen LogP contribution >= 0.6 is 0 Å². The van der Waals surface area contributed by atoms with E-state index in [9.17, 15) is 9.50 Å². The first kappa shape index (κ1) is 12.9. The number of aliphatic hydroxyl groups is 1. The summed E-state index contributed by atoms with van der Waals surface area (Å²) in [7, 11) is 0. The Morgan fingerprint density at radius 1 is 1.11 bits per heavy atom. The van der Waals surface area contributed by atoms with Gasteiger partial charge in [0.1, 0.15) is 17.2 Å². The third-order valence-corrected chi connectivity index (χ3v) is 4.49. The molecule has 19 heavy (non-hydrogen) atoms. The lowest BCUT2D eigenvalue weighted by atomic mass is 9.79. The summed E-state index contributed by atoms with van der Waals surface area (Å²) in [4.78, 5) is 0. The van der Waals surface area contributed by atoms with E-state index in [0.29, 0.717) is 17.7 Å². The second kappa shape index (κ2) is 5.12. The maximum Gasteiger partial charge on any atom is 0.126 e. The zero-order valence-electron chi connectivity index (χ0n) is 11.2. The average Bonchev–Trinajstić information content (AvgIpc) is 2.36. The van der Waals surface area contributed by atoms with E-state index in [-0.39, 0.29) is 11.4 Å². The van der Waals surface area contributed by atoms with Gasteiger partial charge in [0.25, 0.3) is 0 Å². The summed E-state index contributed by atoms with van der Waals surface area (Å²) < 4.78 is 19.4. The van der Waals surface area contributed by atoms with Gasteiger partial charge in [-0.05, 0) is 43.9 Å². The number of fused-ring (bicyclic) bond motifs is 1. The average molecular weight is 264 g/mol. The molecular formula is C16H21FO2. The molecule has 0 unspecified atom stereocenters. The minimum atomic E-state index is -0.598. The Morgan fingerprint density at radius 3 is 2.53 bits per heavy atom. The third kappa shape index (κ3) is 2.62. The van der Waals surface area contributed by atoms with Crippen LogP contribution in [0.25, 0.3) is 0 Å². The molecule has 1 fully saturated rings. The van der Waals surface area contributed by atoms with E-state index in [1.807, 2.05) is 0 Å². The first-order valence-electron chi connectivity index (χ1n) is 7.35. The molecule has 0 radical (unpaired) electrons. The molecule has 2 nitrogen and oxygen atoms in total. The Kier molecular flexibility index (Phi) is 3.48. The topological polar surface area (TPSA) is 29.5 Å². The monoisotopic (exact) mass is 264 g/mol. The standard InChI is InChI=1S/C16H21FO2/c17-12-6-7-15-13(10-12)14(18)11-16(19-15)8-4-2-1-3-5-9-16/h6-7,10,14,18H,1-5,8-9,11H2/t14-/m1/s1. The lowest BCUT2D eigenvalue weighted by Gasteiger charge is -2.42. The van der Waals surface area contributed by atoms with E-state index in [4.69, 9.17) is 4.74 Å². The molecule has 0 aromatic heterocycles. The van der Waals surface area contributed by atoms with Gasteiger partial charge in [-0.15, -0.1) is 0 Å². The first-order valence-corrected chi connectivity index (χ1v) is 7.35. The molecule has 3 rings (SSSR count). The zero-order valence-corrected chi connectivity index (χ0v) is 11.2. The molecule has 2 aliphatic rings. The lowest BCUT2D eigenvalue weighted by molar-refractivity contribution is -0.0314. The van der Waals surface area contributed by atoms with Crippen molar-refractivity contribution in [1.29, 1.82) is 0 Å². The minimum absolute atomic E-state index is 0.231. The summed E-state index contributed by atoms with van der Waals surface area (Å²) in [6, 6.07) is 4.47. The second-order valence-electron chi connectivity index (χ2n) is 5.95. The third-order valence-electron chi connectivity index (χ3n) is 4.49. The summed E-state index contributed by atoms with van der Waals surface area (Å²) in [5.74, 6) is 0.357. The Bertz CT molecular complexity index is 450. The zero-order chi connectivity index (χ0) is 13.3. The molecule has 3 heteroatoms. The molecule has 0 bridgehead atoms. The predicted octanol–water partition coefficient (Wildman–Crippen LogP) is 4.12. The summed E-state index contributed by atoms with van der Waals surface area (Å²) in [6.07, 6.45) is 8.12. The molecule has 0 amide bonds. The van der Waals surface area contributed by atoms with E-state index in [1.165, 1.54) is 31.4 Å². The van der Waals surface area contributed by atoms with Gasteiger partial charge in [0.15, 0.2) is 0 Å². The quantitative estimate of drug-likeness (QED) is 0.763. The van der Waals surface area contributed by atoms with Gasteiger partial charge in [-0.2, -0.15) is 0 Å². The van der Waals surface area contributed by atoms with Crippen LogP contribution < -0.4 is 4.74 Å². The van der Waals surface area contributed by atoms with Crippen molar-refractivity contribution in [2.75, 3.05) is 0 Å². The fraction of sp³-hybridized carbons (Fsp3) is 0.625. The normalized spacial score (nSPS) is 26.1. The van der Waals surface area contributed by atoms with Crippen molar-refractivity contribution < 1.29 is 14.2 Å². The van der Waals surface area contributed by atoms with Crippen LogP contribution in [0.1, 0.15) is 63.0 Å². The predicted molar refractivity (Wildman–Crippen MR) is 71.7 cm³/mol. The van der Waals surface area contributed by atoms with E-state index >= 15 is 0 Å². The molecule has 1 aromatic rings. The SMILES string of the molecule is O[C@@H]1CC2(CCCCCCC2)Oc2ccc(F)cc21. The lowest BCUT2D eigenvalue weighted by Crippen LogP contribution is -2.41. The molecule has 104 valence electrons. The molecule has 0 saturated heterocycles. The van der Waals surface area contributed by atoms with Crippen LogP contribution in [0.4, 0.5) is 4.39 Å². The van der Waals surface area contributed by atoms with Gasteiger partial charge in [-0.3, -0.25) is 0 Å². The molecule has 1 aromatic carbocycles. The van der Waals surface area contributed by atoms with Crippen LogP contribution in [0.3, 0.4) is 0 Å². The van der Waals surface area contributed by atoms with Crippen molar-refractivity contribution in [1.82, 2.24) is 0 Å². The highest BCUT2D eigenvalue weighted by Gasteiger charge is 2.40. The molecule has 1 aliphatic carbocycles. The van der Waals surface area contributed by atoms with Crippen molar-refractivity contribution >= 4 is 0 Å². The summed E-state index contributed by atoms with van der Waals surface area (Å²) in [5.41, 5.74) is 0.373. The smallest absolute Gasteiger partial charge is 0.126 e. The Hall–Kier alpha value is -1.09. The number of rotatable bonds is 0. The number of halogens is 1. The van der Waals surface area contributed by atoms with Crippen LogP contribution in [-0.4, -0.2) is 10.7 Å². The maximum atomic E-state index is 13.3. The molecule has 1 saturated carbocycles. The number of hydrogen-bond donors (Lipinski definition) is 1. The van der Waals surface area contributed by atoms with Gasteiger partial charge < -0.3 is 9.84 Å². The molecule has 1 atom stereocenters. The number of benzene rings is 1. The van der Waals surface area contributed by atoms with E-state index in [1.54, 1.807) is 6.07 Å². The summed E-state index contributed by atoms with van der Waals surface area (Å²) >= 11 is 0. The largest absolute Gasteiger partial charge is 0.487 e. The maximum absolute atomic E-state index is 13.3. The number of ether oxygens (including phenoxy) is 1. The van der Waals surface area contributed by atoms with Crippen molar-refractivity contribution in [2.45, 2.75) is 63.1 Å². The minimum Gasteiger partial charge on any atom is -0.487 e. The highest BCUT2D eigenvalue weighted by molar-refractivity contribution is 5.38. The van der Waals surface area contributed by atoms with Crippen LogP contribution in [0, 0.1) is 5.82 Å². The van der Waals surface area contributed by atoms with Crippen LogP contribution in [0.15, 0.2) is 18.2 Å². The van der Waals surface area contributed by atoms with Gasteiger partial charge in [0.05, 0.1) is 6.10 Å². The number of hydrogen-bond acceptors (Lipinski definition) is 2. The Morgan fingerprint density at radius 2 is 1.79 bits per heavy atom. The van der Waals surface area contributed by atoms with E-state index < -0.39 is 6.10 Å². The van der Waals surface area contributed by atoms with Crippen molar-refractivity contribution in [3.05, 3.63) is 29.6 Å². The molecule has 1 spiro atoms. The fourth-order valence-corrected chi connectivity index (χ4v) is 3.47. The van der Waals surface area contributed by atoms with Crippen LogP contribution in [0.5, 0.6) is 5.75 Å². The molecular weight excluding hydrogens is 243 g/mol. The summed E-state index contributed by atoms with van der Waals surface area (Å²) in [5, 5.41) is 10.3. The molecule has 1 N–H and O–H groups in total. The van der Waals surface area contributed by atoms with E-state index in [2.05, 4.69) is 0 Å². The van der Waals surface area contributed by atoms with Crippen molar-refractivity contribution in [3.8, 4) is 5.75 Å². The van der Waals surface area contributed by atoms with E-state index in [0.717, 1.165) is 25.7 Å². The van der Waals surface area contributed by atoms with Crippen LogP contribution in [0.2, 0.25) is 0 Å². The highest BCUT2D eigenvalue weighted by Crippen LogP contribution is 2.45. The van der Waals surface area contributed by atoms with Gasteiger partial charge in [0, 0.05) is 12.0 Å². The second-order valence-corrected chi connectivity index (χ2v) is 5.95. The molecule has 1 aliphatic heterocycles. The van der Waals surface area contributed by atoms with Gasteiger partial charge in [0.2, 0.25) is 0 Å². The van der Waals surface area contributed by atoms with Gasteiger partial charge in [-0.25, -0.2) is 4.39 Å². The Labute approximate surface area is 113 Å². The van der Waals surface area contributed by atoms with Crippen LogP contribution in [-0.2, 0) is 0 Å². The highest BCUT2D eigenvalue weighted by atomic mass is 19.1. The number of aliphatic hydroxyl groups excluding tert-OH is 1. The van der Waals surface area contributed by atoms with Gasteiger partial charge >= 0.3 is 0 Å².